The van der Waals surface area contributed by atoms with Crippen molar-refractivity contribution in [3.63, 3.8) is 0 Å². The Labute approximate surface area is 185 Å². The Morgan fingerprint density at radius 2 is 1.65 bits per heavy atom. The number of carbonyl (C=O) groups excluding carboxylic acids is 2. The molecule has 0 radical (unpaired) electrons. The zero-order valence-corrected chi connectivity index (χ0v) is 18.0. The van der Waals surface area contributed by atoms with Gasteiger partial charge in [0, 0.05) is 5.56 Å². The van der Waals surface area contributed by atoms with E-state index in [1.165, 1.54) is 10.5 Å². The lowest BCUT2D eigenvalue weighted by Gasteiger charge is -2.13. The number of anilines is 1. The maximum Gasteiger partial charge on any atom is 0.298 e. The number of benzene rings is 3. The molecule has 3 aromatic rings. The van der Waals surface area contributed by atoms with Gasteiger partial charge in [0.25, 0.3) is 11.1 Å². The predicted molar refractivity (Wildman–Crippen MR) is 123 cm³/mol. The van der Waals surface area contributed by atoms with Crippen LogP contribution in [0.5, 0.6) is 11.5 Å². The summed E-state index contributed by atoms with van der Waals surface area (Å²) in [5.41, 5.74) is 3.50. The minimum absolute atomic E-state index is 0.334. The van der Waals surface area contributed by atoms with Crippen LogP contribution in [0.4, 0.5) is 10.5 Å². The maximum absolute atomic E-state index is 12.9. The number of rotatable bonds is 6. The van der Waals surface area contributed by atoms with Crippen molar-refractivity contribution in [1.29, 1.82) is 0 Å². The first-order valence-corrected chi connectivity index (χ1v) is 10.6. The lowest BCUT2D eigenvalue weighted by atomic mass is 10.1. The minimum Gasteiger partial charge on any atom is -0.497 e. The van der Waals surface area contributed by atoms with Gasteiger partial charge in [-0.15, -0.1) is 0 Å². The van der Waals surface area contributed by atoms with E-state index in [4.69, 9.17) is 9.47 Å². The quantitative estimate of drug-likeness (QED) is 0.460. The first-order chi connectivity index (χ1) is 15.0. The lowest BCUT2D eigenvalue weighted by molar-refractivity contribution is -0.113. The molecule has 156 valence electrons. The molecule has 0 aliphatic carbocycles. The average Bonchev–Trinajstić information content (AvgIpc) is 3.07. The molecular weight excluding hydrogens is 410 g/mol. The number of hydrogen-bond acceptors (Lipinski definition) is 5. The van der Waals surface area contributed by atoms with E-state index in [9.17, 15) is 9.59 Å². The van der Waals surface area contributed by atoms with Crippen molar-refractivity contribution in [2.45, 2.75) is 13.5 Å². The normalized spacial score (nSPS) is 14.9. The molecule has 1 fully saturated rings. The van der Waals surface area contributed by atoms with Gasteiger partial charge in [0.15, 0.2) is 0 Å². The van der Waals surface area contributed by atoms with Crippen molar-refractivity contribution in [1.82, 2.24) is 0 Å². The molecule has 0 saturated carbocycles. The molecule has 5 nitrogen and oxygen atoms in total. The third-order valence-electron chi connectivity index (χ3n) is 4.84. The third-order valence-corrected chi connectivity index (χ3v) is 5.71. The molecule has 1 aliphatic heterocycles. The van der Waals surface area contributed by atoms with Crippen molar-refractivity contribution < 1.29 is 19.1 Å². The highest BCUT2D eigenvalue weighted by Gasteiger charge is 2.36. The Balaban J connectivity index is 1.55. The van der Waals surface area contributed by atoms with E-state index >= 15 is 0 Å². The summed E-state index contributed by atoms with van der Waals surface area (Å²) >= 11 is 0.918. The number of para-hydroxylation sites is 1. The van der Waals surface area contributed by atoms with Crippen molar-refractivity contribution in [2.75, 3.05) is 12.0 Å². The summed E-state index contributed by atoms with van der Waals surface area (Å²) in [6, 6.07) is 22.4. The summed E-state index contributed by atoms with van der Waals surface area (Å²) < 4.78 is 11.1. The molecule has 6 heteroatoms. The number of hydrogen-bond donors (Lipinski definition) is 0. The van der Waals surface area contributed by atoms with Gasteiger partial charge in [0.2, 0.25) is 0 Å². The number of imide groups is 1. The molecule has 31 heavy (non-hydrogen) atoms. The highest BCUT2D eigenvalue weighted by atomic mass is 32.2. The van der Waals surface area contributed by atoms with Crippen LogP contribution in [0.15, 0.2) is 77.7 Å². The number of nitrogens with zero attached hydrogens (tertiary/aromatic N) is 1. The average molecular weight is 432 g/mol. The van der Waals surface area contributed by atoms with Gasteiger partial charge >= 0.3 is 0 Å². The van der Waals surface area contributed by atoms with Crippen LogP contribution >= 0.6 is 11.8 Å². The Kier molecular flexibility index (Phi) is 6.09. The molecule has 0 spiro atoms. The number of amides is 2. The SMILES string of the molecule is COc1ccc(N2C(=O)S/C(=C\c3ccccc3OCc3ccc(C)cc3)C2=O)cc1. The van der Waals surface area contributed by atoms with Crippen LogP contribution < -0.4 is 14.4 Å². The first-order valence-electron chi connectivity index (χ1n) is 9.74. The second-order valence-electron chi connectivity index (χ2n) is 7.03. The number of methoxy groups -OCH3 is 1. The van der Waals surface area contributed by atoms with Crippen LogP contribution in [0, 0.1) is 6.92 Å². The van der Waals surface area contributed by atoms with E-state index in [1.807, 2.05) is 55.5 Å². The Morgan fingerprint density at radius 1 is 0.935 bits per heavy atom. The molecular formula is C25H21NO4S. The molecule has 3 aromatic carbocycles. The van der Waals surface area contributed by atoms with E-state index in [1.54, 1.807) is 37.5 Å². The molecule has 0 bridgehead atoms. The zero-order chi connectivity index (χ0) is 21.8. The summed E-state index contributed by atoms with van der Waals surface area (Å²) in [5, 5.41) is -0.334. The monoisotopic (exact) mass is 431 g/mol. The van der Waals surface area contributed by atoms with Gasteiger partial charge in [-0.2, -0.15) is 0 Å². The largest absolute Gasteiger partial charge is 0.497 e. The second-order valence-corrected chi connectivity index (χ2v) is 8.02. The Morgan fingerprint density at radius 3 is 2.35 bits per heavy atom. The van der Waals surface area contributed by atoms with Gasteiger partial charge in [0.05, 0.1) is 17.7 Å². The number of ether oxygens (including phenoxy) is 2. The van der Waals surface area contributed by atoms with Crippen LogP contribution in [-0.2, 0) is 11.4 Å². The van der Waals surface area contributed by atoms with Crippen LogP contribution in [0.25, 0.3) is 6.08 Å². The maximum atomic E-state index is 12.9. The predicted octanol–water partition coefficient (Wildman–Crippen LogP) is 5.82. The molecule has 0 unspecified atom stereocenters. The zero-order valence-electron chi connectivity index (χ0n) is 17.2. The summed E-state index contributed by atoms with van der Waals surface area (Å²) in [4.78, 5) is 27.0. The van der Waals surface area contributed by atoms with Crippen molar-refractivity contribution in [3.05, 3.63) is 94.4 Å². The standard InChI is InChI=1S/C25H21NO4S/c1-17-7-9-18(10-8-17)16-30-22-6-4-3-5-19(22)15-23-24(27)26(25(28)31-23)20-11-13-21(29-2)14-12-20/h3-15H,16H2,1-2H3/b23-15-. The van der Waals surface area contributed by atoms with Gasteiger partial charge in [0.1, 0.15) is 18.1 Å². The van der Waals surface area contributed by atoms with Crippen molar-refractivity contribution >= 4 is 34.7 Å². The van der Waals surface area contributed by atoms with Crippen LogP contribution in [0.3, 0.4) is 0 Å². The number of carbonyl (C=O) groups is 2. The minimum atomic E-state index is -0.353. The fourth-order valence-corrected chi connectivity index (χ4v) is 3.97. The molecule has 1 saturated heterocycles. The van der Waals surface area contributed by atoms with Crippen molar-refractivity contribution in [3.8, 4) is 11.5 Å². The molecule has 1 aliphatic rings. The molecule has 2 amide bonds. The second kappa shape index (κ2) is 9.10. The molecule has 0 N–H and O–H groups in total. The van der Waals surface area contributed by atoms with Crippen LogP contribution in [0.2, 0.25) is 0 Å². The highest BCUT2D eigenvalue weighted by molar-refractivity contribution is 8.19. The van der Waals surface area contributed by atoms with Gasteiger partial charge in [-0.1, -0.05) is 48.0 Å². The highest BCUT2D eigenvalue weighted by Crippen LogP contribution is 2.37. The number of aryl methyl sites for hydroxylation is 1. The van der Waals surface area contributed by atoms with Gasteiger partial charge in [-0.05, 0) is 60.7 Å². The summed E-state index contributed by atoms with van der Waals surface area (Å²) in [6.07, 6.45) is 1.71. The van der Waals surface area contributed by atoms with Crippen molar-refractivity contribution in [2.24, 2.45) is 0 Å². The summed E-state index contributed by atoms with van der Waals surface area (Å²) in [6.45, 7) is 2.46. The van der Waals surface area contributed by atoms with Gasteiger partial charge in [-0.3, -0.25) is 9.59 Å². The summed E-state index contributed by atoms with van der Waals surface area (Å²) in [5.74, 6) is 0.957. The first kappa shape index (κ1) is 20.8. The smallest absolute Gasteiger partial charge is 0.298 e. The van der Waals surface area contributed by atoms with E-state index < -0.39 is 0 Å². The van der Waals surface area contributed by atoms with E-state index in [-0.39, 0.29) is 11.1 Å². The van der Waals surface area contributed by atoms with Gasteiger partial charge in [-0.25, -0.2) is 4.90 Å². The number of thioether (sulfide) groups is 1. The topological polar surface area (TPSA) is 55.8 Å². The van der Waals surface area contributed by atoms with Crippen LogP contribution in [-0.4, -0.2) is 18.3 Å². The summed E-state index contributed by atoms with van der Waals surface area (Å²) in [7, 11) is 1.57. The Hall–Kier alpha value is -3.51. The van der Waals surface area contributed by atoms with E-state index in [0.717, 1.165) is 22.9 Å². The molecule has 0 atom stereocenters. The fourth-order valence-electron chi connectivity index (χ4n) is 3.14. The lowest BCUT2D eigenvalue weighted by Crippen LogP contribution is -2.27. The molecule has 4 rings (SSSR count). The van der Waals surface area contributed by atoms with Crippen LogP contribution in [0.1, 0.15) is 16.7 Å². The van der Waals surface area contributed by atoms with E-state index in [2.05, 4.69) is 0 Å². The third kappa shape index (κ3) is 4.64. The molecule has 1 heterocycles. The van der Waals surface area contributed by atoms with Gasteiger partial charge < -0.3 is 9.47 Å². The van der Waals surface area contributed by atoms with E-state index in [0.29, 0.717) is 28.7 Å². The fraction of sp³-hybridized carbons (Fsp3) is 0.120. The molecule has 0 aromatic heterocycles. The Bertz CT molecular complexity index is 1140.